The molecule has 2 N–H and O–H groups in total. The third-order valence-electron chi connectivity index (χ3n) is 2.62. The van der Waals surface area contributed by atoms with Gasteiger partial charge in [0.05, 0.1) is 11.7 Å². The molecule has 0 saturated heterocycles. The highest BCUT2D eigenvalue weighted by Crippen LogP contribution is 2.29. The van der Waals surface area contributed by atoms with Crippen LogP contribution in [0.2, 0.25) is 0 Å². The van der Waals surface area contributed by atoms with Crippen LogP contribution in [0.1, 0.15) is 25.7 Å². The Hall–Kier alpha value is -0.120. The Balaban J connectivity index is 2.43. The second-order valence-electron chi connectivity index (χ2n) is 3.71. The second kappa shape index (κ2) is 4.21. The molecule has 1 saturated carbocycles. The molecule has 0 aromatic heterocycles. The number of aliphatic hydroxyl groups is 1. The molecule has 2 unspecified atom stereocenters. The van der Waals surface area contributed by atoms with E-state index in [0.717, 1.165) is 25.7 Å². The van der Waals surface area contributed by atoms with Gasteiger partial charge in [0.1, 0.15) is 0 Å². The molecule has 0 aromatic carbocycles. The molecule has 3 heteroatoms. The van der Waals surface area contributed by atoms with Crippen LogP contribution in [0.15, 0.2) is 0 Å². The van der Waals surface area contributed by atoms with Crippen LogP contribution in [0.3, 0.4) is 0 Å². The molecule has 3 nitrogen and oxygen atoms in total. The van der Waals surface area contributed by atoms with E-state index in [9.17, 15) is 5.11 Å². The quantitative estimate of drug-likeness (QED) is 0.654. The Morgan fingerprint density at radius 2 is 2.42 bits per heavy atom. The van der Waals surface area contributed by atoms with E-state index < -0.39 is 5.60 Å². The van der Waals surface area contributed by atoms with Gasteiger partial charge >= 0.3 is 0 Å². The molecule has 1 aliphatic rings. The predicted octanol–water partition coefficient (Wildman–Crippen LogP) is 0.526. The molecular formula is C9H19NO2. The zero-order valence-corrected chi connectivity index (χ0v) is 7.97. The largest absolute Gasteiger partial charge is 0.388 e. The Morgan fingerprint density at radius 3 is 3.00 bits per heavy atom. The Kier molecular flexibility index (Phi) is 3.50. The van der Waals surface area contributed by atoms with Crippen molar-refractivity contribution in [3.8, 4) is 0 Å². The van der Waals surface area contributed by atoms with Gasteiger partial charge in [0.2, 0.25) is 0 Å². The van der Waals surface area contributed by atoms with E-state index in [-0.39, 0.29) is 6.10 Å². The van der Waals surface area contributed by atoms with E-state index in [2.05, 4.69) is 5.32 Å². The van der Waals surface area contributed by atoms with Crippen LogP contribution >= 0.6 is 0 Å². The minimum absolute atomic E-state index is 0.247. The van der Waals surface area contributed by atoms with Gasteiger partial charge in [-0.15, -0.1) is 0 Å². The minimum atomic E-state index is -0.534. The number of hydrogen-bond donors (Lipinski definition) is 2. The molecule has 0 spiro atoms. The summed E-state index contributed by atoms with van der Waals surface area (Å²) >= 11 is 0. The molecule has 2 atom stereocenters. The highest BCUT2D eigenvalue weighted by Gasteiger charge is 2.33. The average molecular weight is 173 g/mol. The van der Waals surface area contributed by atoms with Crippen LogP contribution in [-0.2, 0) is 4.74 Å². The van der Waals surface area contributed by atoms with Crippen molar-refractivity contribution in [3.05, 3.63) is 0 Å². The lowest BCUT2D eigenvalue weighted by Gasteiger charge is -2.36. The highest BCUT2D eigenvalue weighted by atomic mass is 16.5. The third kappa shape index (κ3) is 2.44. The van der Waals surface area contributed by atoms with Gasteiger partial charge in [-0.05, 0) is 26.3 Å². The maximum Gasteiger partial charge on any atom is 0.0796 e. The van der Waals surface area contributed by atoms with Crippen molar-refractivity contribution in [1.29, 1.82) is 0 Å². The van der Waals surface area contributed by atoms with Crippen molar-refractivity contribution in [2.45, 2.75) is 37.4 Å². The smallest absolute Gasteiger partial charge is 0.0796 e. The van der Waals surface area contributed by atoms with Crippen molar-refractivity contribution in [2.24, 2.45) is 0 Å². The van der Waals surface area contributed by atoms with E-state index in [0.29, 0.717) is 6.54 Å². The summed E-state index contributed by atoms with van der Waals surface area (Å²) in [7, 11) is 3.59. The molecule has 0 bridgehead atoms. The van der Waals surface area contributed by atoms with E-state index in [1.165, 1.54) is 0 Å². The number of rotatable bonds is 3. The molecule has 0 aliphatic heterocycles. The van der Waals surface area contributed by atoms with Crippen LogP contribution in [-0.4, -0.2) is 37.5 Å². The lowest BCUT2D eigenvalue weighted by atomic mass is 9.83. The van der Waals surface area contributed by atoms with Gasteiger partial charge in [-0.2, -0.15) is 0 Å². The normalized spacial score (nSPS) is 36.8. The fourth-order valence-corrected chi connectivity index (χ4v) is 1.98. The summed E-state index contributed by atoms with van der Waals surface area (Å²) in [5.41, 5.74) is -0.534. The number of hydrogen-bond acceptors (Lipinski definition) is 3. The molecule has 1 fully saturated rings. The van der Waals surface area contributed by atoms with Gasteiger partial charge < -0.3 is 15.2 Å². The van der Waals surface area contributed by atoms with Crippen molar-refractivity contribution in [1.82, 2.24) is 5.32 Å². The summed E-state index contributed by atoms with van der Waals surface area (Å²) in [6.07, 6.45) is 4.06. The minimum Gasteiger partial charge on any atom is -0.388 e. The first kappa shape index (κ1) is 9.96. The first-order valence-electron chi connectivity index (χ1n) is 4.60. The Bertz CT molecular complexity index is 136. The van der Waals surface area contributed by atoms with E-state index in [4.69, 9.17) is 4.74 Å². The van der Waals surface area contributed by atoms with Crippen LogP contribution in [0.4, 0.5) is 0 Å². The van der Waals surface area contributed by atoms with Crippen LogP contribution in [0, 0.1) is 0 Å². The third-order valence-corrected chi connectivity index (χ3v) is 2.62. The zero-order valence-electron chi connectivity index (χ0n) is 7.97. The topological polar surface area (TPSA) is 41.5 Å². The summed E-state index contributed by atoms with van der Waals surface area (Å²) in [5, 5.41) is 13.0. The van der Waals surface area contributed by atoms with Gasteiger partial charge in [-0.3, -0.25) is 0 Å². The van der Waals surface area contributed by atoms with Crippen molar-refractivity contribution < 1.29 is 9.84 Å². The number of ether oxygens (including phenoxy) is 1. The standard InChI is InChI=1S/C9H19NO2/c1-10-7-9(11)5-3-4-8(6-9)12-2/h8,10-11H,3-7H2,1-2H3. The maximum absolute atomic E-state index is 10.0. The SMILES string of the molecule is CNCC1(O)CCCC(OC)C1. The highest BCUT2D eigenvalue weighted by molar-refractivity contribution is 4.88. The fraction of sp³-hybridized carbons (Fsp3) is 1.00. The summed E-state index contributed by atoms with van der Waals surface area (Å²) in [5.74, 6) is 0. The van der Waals surface area contributed by atoms with Gasteiger partial charge in [0, 0.05) is 20.1 Å². The van der Waals surface area contributed by atoms with Crippen molar-refractivity contribution >= 4 is 0 Å². The van der Waals surface area contributed by atoms with Crippen LogP contribution < -0.4 is 5.32 Å². The predicted molar refractivity (Wildman–Crippen MR) is 48.1 cm³/mol. The van der Waals surface area contributed by atoms with E-state index in [1.54, 1.807) is 7.11 Å². The molecule has 0 amide bonds. The van der Waals surface area contributed by atoms with Gasteiger partial charge in [-0.25, -0.2) is 0 Å². The number of nitrogens with one attached hydrogen (secondary N) is 1. The summed E-state index contributed by atoms with van der Waals surface area (Å²) in [4.78, 5) is 0. The summed E-state index contributed by atoms with van der Waals surface area (Å²) in [6, 6.07) is 0. The molecule has 1 rings (SSSR count). The molecular weight excluding hydrogens is 154 g/mol. The molecule has 72 valence electrons. The fourth-order valence-electron chi connectivity index (χ4n) is 1.98. The lowest BCUT2D eigenvalue weighted by molar-refractivity contribution is -0.0562. The van der Waals surface area contributed by atoms with E-state index >= 15 is 0 Å². The van der Waals surface area contributed by atoms with Crippen molar-refractivity contribution in [3.63, 3.8) is 0 Å². The molecule has 0 heterocycles. The number of likely N-dealkylation sites (N-methyl/N-ethyl adjacent to an activating group) is 1. The van der Waals surface area contributed by atoms with Crippen LogP contribution in [0.5, 0.6) is 0 Å². The maximum atomic E-state index is 10.0. The monoisotopic (exact) mass is 173 g/mol. The average Bonchev–Trinajstić information content (AvgIpc) is 2.04. The Labute approximate surface area is 74.1 Å². The lowest BCUT2D eigenvalue weighted by Crippen LogP contribution is -2.45. The molecule has 0 radical (unpaired) electrons. The first-order valence-corrected chi connectivity index (χ1v) is 4.60. The molecule has 0 aromatic rings. The summed E-state index contributed by atoms with van der Waals surface area (Å²) < 4.78 is 5.25. The molecule has 1 aliphatic carbocycles. The first-order chi connectivity index (χ1) is 5.70. The second-order valence-corrected chi connectivity index (χ2v) is 3.71. The van der Waals surface area contributed by atoms with E-state index in [1.807, 2.05) is 7.05 Å². The number of methoxy groups -OCH3 is 1. The van der Waals surface area contributed by atoms with Crippen molar-refractivity contribution in [2.75, 3.05) is 20.7 Å². The zero-order chi connectivity index (χ0) is 9.03. The summed E-state index contributed by atoms with van der Waals surface area (Å²) in [6.45, 7) is 0.673. The van der Waals surface area contributed by atoms with Crippen LogP contribution in [0.25, 0.3) is 0 Å². The van der Waals surface area contributed by atoms with Gasteiger partial charge in [0.25, 0.3) is 0 Å². The van der Waals surface area contributed by atoms with Gasteiger partial charge in [-0.1, -0.05) is 0 Å². The molecule has 12 heavy (non-hydrogen) atoms. The Morgan fingerprint density at radius 1 is 1.67 bits per heavy atom. The van der Waals surface area contributed by atoms with Gasteiger partial charge in [0.15, 0.2) is 0 Å².